The molecule has 1 aliphatic heterocycles. The second-order valence-corrected chi connectivity index (χ2v) is 6.77. The molecule has 1 amide bonds. The number of piperazine rings is 1. The van der Waals surface area contributed by atoms with Gasteiger partial charge >= 0.3 is 0 Å². The third-order valence-electron chi connectivity index (χ3n) is 4.67. The molecule has 10 heteroatoms. The van der Waals surface area contributed by atoms with Crippen molar-refractivity contribution in [1.29, 1.82) is 5.26 Å². The maximum atomic E-state index is 12.8. The molecule has 0 saturated carbocycles. The smallest absolute Gasteiger partial charge is 0.266 e. The minimum atomic E-state index is -0.149. The molecule has 0 radical (unpaired) electrons. The average Bonchev–Trinajstić information content (AvgIpc) is 3.41. The van der Waals surface area contributed by atoms with Crippen molar-refractivity contribution in [3.8, 4) is 17.7 Å². The number of aryl methyl sites for hydroxylation is 2. The maximum Gasteiger partial charge on any atom is 0.266 e. The third kappa shape index (κ3) is 3.01. The quantitative estimate of drug-likeness (QED) is 0.665. The lowest BCUT2D eigenvalue weighted by Gasteiger charge is -2.34. The molecule has 28 heavy (non-hydrogen) atoms. The summed E-state index contributed by atoms with van der Waals surface area (Å²) < 4.78 is 12.5. The minimum Gasteiger partial charge on any atom is -0.459 e. The third-order valence-corrected chi connectivity index (χ3v) is 5.10. The number of hydrogen-bond donors (Lipinski definition) is 0. The van der Waals surface area contributed by atoms with E-state index in [2.05, 4.69) is 16.2 Å². The van der Waals surface area contributed by atoms with Gasteiger partial charge in [0, 0.05) is 33.2 Å². The van der Waals surface area contributed by atoms with E-state index < -0.39 is 0 Å². The zero-order valence-electron chi connectivity index (χ0n) is 15.3. The zero-order valence-corrected chi connectivity index (χ0v) is 16.1. The molecule has 144 valence electrons. The normalized spacial score (nSPS) is 14.4. The molecule has 1 fully saturated rings. The van der Waals surface area contributed by atoms with Crippen LogP contribution < -0.4 is 4.90 Å². The van der Waals surface area contributed by atoms with E-state index in [1.165, 1.54) is 10.9 Å². The fourth-order valence-corrected chi connectivity index (χ4v) is 3.50. The maximum absolute atomic E-state index is 12.8. The van der Waals surface area contributed by atoms with Gasteiger partial charge in [-0.15, -0.1) is 0 Å². The number of rotatable bonds is 3. The number of carbonyl (C=O) groups excluding carboxylic acids is 1. The molecular formula is C18H17ClN6O3. The van der Waals surface area contributed by atoms with Gasteiger partial charge in [-0.25, -0.2) is 0 Å². The molecule has 9 nitrogen and oxygen atoms in total. The van der Waals surface area contributed by atoms with Gasteiger partial charge in [0.1, 0.15) is 11.2 Å². The summed E-state index contributed by atoms with van der Waals surface area (Å²) in [5.74, 6) is 0.951. The molecule has 3 aromatic rings. The number of furan rings is 1. The number of oxazole rings is 1. The van der Waals surface area contributed by atoms with Crippen molar-refractivity contribution in [2.45, 2.75) is 6.92 Å². The second kappa shape index (κ2) is 7.05. The number of hydrogen-bond acceptors (Lipinski definition) is 7. The summed E-state index contributed by atoms with van der Waals surface area (Å²) >= 11 is 6.22. The number of amides is 1. The fourth-order valence-electron chi connectivity index (χ4n) is 3.25. The summed E-state index contributed by atoms with van der Waals surface area (Å²) in [6.45, 7) is 3.70. The van der Waals surface area contributed by atoms with Gasteiger partial charge in [-0.05, 0) is 19.1 Å². The van der Waals surface area contributed by atoms with E-state index in [0.29, 0.717) is 54.2 Å². The van der Waals surface area contributed by atoms with Gasteiger partial charge in [-0.3, -0.25) is 9.48 Å². The number of carbonyl (C=O) groups is 1. The van der Waals surface area contributed by atoms with Crippen molar-refractivity contribution < 1.29 is 13.6 Å². The molecule has 0 aromatic carbocycles. The van der Waals surface area contributed by atoms with Crippen LogP contribution in [-0.2, 0) is 7.05 Å². The summed E-state index contributed by atoms with van der Waals surface area (Å²) in [6, 6.07) is 5.49. The molecule has 1 saturated heterocycles. The van der Waals surface area contributed by atoms with Crippen LogP contribution in [0.4, 0.5) is 5.88 Å². The summed E-state index contributed by atoms with van der Waals surface area (Å²) in [5.41, 5.74) is 1.22. The van der Waals surface area contributed by atoms with Crippen molar-refractivity contribution >= 4 is 23.4 Å². The van der Waals surface area contributed by atoms with Crippen LogP contribution in [0.1, 0.15) is 21.7 Å². The van der Waals surface area contributed by atoms with Crippen molar-refractivity contribution in [3.63, 3.8) is 0 Å². The van der Waals surface area contributed by atoms with Crippen molar-refractivity contribution in [2.75, 3.05) is 31.1 Å². The van der Waals surface area contributed by atoms with E-state index in [9.17, 15) is 10.1 Å². The number of halogens is 1. The second-order valence-electron chi connectivity index (χ2n) is 6.42. The molecule has 0 atom stereocenters. The van der Waals surface area contributed by atoms with E-state index in [4.69, 9.17) is 20.4 Å². The topological polar surface area (TPSA) is 104 Å². The molecular weight excluding hydrogens is 384 g/mol. The van der Waals surface area contributed by atoms with Gasteiger partial charge in [-0.1, -0.05) is 11.6 Å². The molecule has 3 aromatic heterocycles. The van der Waals surface area contributed by atoms with Gasteiger partial charge in [0.15, 0.2) is 5.76 Å². The van der Waals surface area contributed by atoms with Crippen LogP contribution in [0.2, 0.25) is 5.15 Å². The van der Waals surface area contributed by atoms with E-state index in [0.717, 1.165) is 0 Å². The van der Waals surface area contributed by atoms with E-state index in [-0.39, 0.29) is 17.5 Å². The van der Waals surface area contributed by atoms with E-state index >= 15 is 0 Å². The summed E-state index contributed by atoms with van der Waals surface area (Å²) in [6.07, 6.45) is 1.52. The predicted octanol–water partition coefficient (Wildman–Crippen LogP) is 2.46. The molecule has 0 bridgehead atoms. The fraction of sp³-hybridized carbons (Fsp3) is 0.333. The standard InChI is InChI=1S/C18H17ClN6O3/c1-11-14(15(19)23(2)22-11)17(26)24-5-7-25(8-6-24)18-12(10-20)21-16(28-18)13-4-3-9-27-13/h3-4,9H,5-8H2,1-2H3. The number of aromatic nitrogens is 3. The molecule has 1 aliphatic rings. The molecule has 0 unspecified atom stereocenters. The van der Waals surface area contributed by atoms with E-state index in [1.807, 2.05) is 4.90 Å². The van der Waals surface area contributed by atoms with Gasteiger partial charge in [0.25, 0.3) is 11.8 Å². The Labute approximate surface area is 165 Å². The average molecular weight is 401 g/mol. The number of anilines is 1. The lowest BCUT2D eigenvalue weighted by Crippen LogP contribution is -2.49. The minimum absolute atomic E-state index is 0.149. The molecule has 4 rings (SSSR count). The SMILES string of the molecule is Cc1nn(C)c(Cl)c1C(=O)N1CCN(c2oc(-c3ccco3)nc2C#N)CC1. The van der Waals surface area contributed by atoms with E-state index in [1.54, 1.807) is 31.0 Å². The largest absolute Gasteiger partial charge is 0.459 e. The van der Waals surface area contributed by atoms with Crippen molar-refractivity contribution in [3.05, 3.63) is 40.5 Å². The highest BCUT2D eigenvalue weighted by atomic mass is 35.5. The first kappa shape index (κ1) is 18.1. The Kier molecular flexibility index (Phi) is 4.57. The molecule has 0 spiro atoms. The first-order valence-corrected chi connectivity index (χ1v) is 9.05. The Morgan fingerprint density at radius 2 is 2.07 bits per heavy atom. The Morgan fingerprint density at radius 3 is 2.64 bits per heavy atom. The lowest BCUT2D eigenvalue weighted by atomic mass is 10.2. The van der Waals surface area contributed by atoms with Gasteiger partial charge in [0.05, 0.1) is 17.5 Å². The van der Waals surface area contributed by atoms with Crippen LogP contribution in [0.3, 0.4) is 0 Å². The Morgan fingerprint density at radius 1 is 1.32 bits per heavy atom. The number of nitrogens with zero attached hydrogens (tertiary/aromatic N) is 6. The van der Waals surface area contributed by atoms with Gasteiger partial charge in [0.2, 0.25) is 11.6 Å². The van der Waals surface area contributed by atoms with Crippen LogP contribution in [0.5, 0.6) is 0 Å². The highest BCUT2D eigenvalue weighted by Crippen LogP contribution is 2.29. The van der Waals surface area contributed by atoms with Crippen molar-refractivity contribution in [2.24, 2.45) is 7.05 Å². The molecule has 0 N–H and O–H groups in total. The van der Waals surface area contributed by atoms with Crippen LogP contribution in [0.25, 0.3) is 11.7 Å². The molecule has 4 heterocycles. The Balaban J connectivity index is 1.50. The Hall–Kier alpha value is -3.25. The summed E-state index contributed by atoms with van der Waals surface area (Å²) in [4.78, 5) is 20.7. The first-order chi connectivity index (χ1) is 13.5. The lowest BCUT2D eigenvalue weighted by molar-refractivity contribution is 0.0744. The summed E-state index contributed by atoms with van der Waals surface area (Å²) in [5, 5.41) is 13.9. The monoisotopic (exact) mass is 400 g/mol. The van der Waals surface area contributed by atoms with Crippen LogP contribution in [0, 0.1) is 18.3 Å². The highest BCUT2D eigenvalue weighted by molar-refractivity contribution is 6.33. The van der Waals surface area contributed by atoms with Crippen LogP contribution in [-0.4, -0.2) is 51.8 Å². The van der Waals surface area contributed by atoms with Crippen LogP contribution in [0.15, 0.2) is 27.2 Å². The number of nitriles is 1. The van der Waals surface area contributed by atoms with Crippen LogP contribution >= 0.6 is 11.6 Å². The van der Waals surface area contributed by atoms with Crippen molar-refractivity contribution in [1.82, 2.24) is 19.7 Å². The molecule has 0 aliphatic carbocycles. The summed E-state index contributed by atoms with van der Waals surface area (Å²) in [7, 11) is 1.70. The highest BCUT2D eigenvalue weighted by Gasteiger charge is 2.30. The first-order valence-electron chi connectivity index (χ1n) is 8.67. The predicted molar refractivity (Wildman–Crippen MR) is 100.0 cm³/mol. The zero-order chi connectivity index (χ0) is 19.8. The van der Waals surface area contributed by atoms with Gasteiger partial charge < -0.3 is 18.6 Å². The van der Waals surface area contributed by atoms with Gasteiger partial charge in [-0.2, -0.15) is 15.3 Å². The Bertz CT molecular complexity index is 1050.